The first-order valence-electron chi connectivity index (χ1n) is 6.91. The number of nitrogens with two attached hydrogens (primary N) is 1. The molecule has 20 heavy (non-hydrogen) atoms. The van der Waals surface area contributed by atoms with Gasteiger partial charge in [0.1, 0.15) is 0 Å². The lowest BCUT2D eigenvalue weighted by Gasteiger charge is -2.15. The van der Waals surface area contributed by atoms with E-state index in [4.69, 9.17) is 33.7 Å². The molecule has 0 radical (unpaired) electrons. The molecule has 0 spiro atoms. The van der Waals surface area contributed by atoms with Crippen molar-refractivity contribution in [1.29, 1.82) is 0 Å². The summed E-state index contributed by atoms with van der Waals surface area (Å²) < 4.78 is 5.33. The van der Waals surface area contributed by atoms with Crippen molar-refractivity contribution in [2.45, 2.75) is 39.5 Å². The minimum Gasteiger partial charge on any atom is -0.462 e. The highest BCUT2D eigenvalue weighted by Crippen LogP contribution is 2.29. The number of esters is 1. The van der Waals surface area contributed by atoms with Crippen molar-refractivity contribution in [3.63, 3.8) is 0 Å². The Bertz CT molecular complexity index is 463. The molecule has 2 N–H and O–H groups in total. The number of hydrogen-bond acceptors (Lipinski definition) is 3. The zero-order valence-corrected chi connectivity index (χ0v) is 13.4. The molecule has 0 aliphatic heterocycles. The first kappa shape index (κ1) is 17.1. The molecule has 1 rings (SSSR count). The number of anilines is 1. The standard InChI is InChI=1S/C15H21Cl2NO2/c1-3-5-6-10(4-2)9-20-15(19)12-7-11(18)8-13(16)14(12)17/h7-8,10H,3-6,9,18H2,1-2H3. The number of halogens is 2. The van der Waals surface area contributed by atoms with Gasteiger partial charge in [-0.3, -0.25) is 0 Å². The third-order valence-electron chi connectivity index (χ3n) is 3.26. The summed E-state index contributed by atoms with van der Waals surface area (Å²) in [5.74, 6) is -0.0895. The van der Waals surface area contributed by atoms with Gasteiger partial charge in [-0.05, 0) is 24.5 Å². The summed E-state index contributed by atoms with van der Waals surface area (Å²) in [5.41, 5.74) is 6.28. The largest absolute Gasteiger partial charge is 0.462 e. The van der Waals surface area contributed by atoms with Crippen LogP contribution >= 0.6 is 23.2 Å². The van der Waals surface area contributed by atoms with Crippen LogP contribution in [0.1, 0.15) is 49.9 Å². The number of unbranched alkanes of at least 4 members (excludes halogenated alkanes) is 1. The fourth-order valence-electron chi connectivity index (χ4n) is 1.93. The van der Waals surface area contributed by atoms with Gasteiger partial charge in [0.15, 0.2) is 0 Å². The molecule has 1 aromatic rings. The number of rotatable bonds is 7. The van der Waals surface area contributed by atoms with Gasteiger partial charge in [0.25, 0.3) is 0 Å². The topological polar surface area (TPSA) is 52.3 Å². The number of nitrogen functional groups attached to an aromatic ring is 1. The molecule has 0 aliphatic rings. The van der Waals surface area contributed by atoms with Gasteiger partial charge in [-0.25, -0.2) is 4.79 Å². The van der Waals surface area contributed by atoms with Crippen LogP contribution in [0.5, 0.6) is 0 Å². The second-order valence-corrected chi connectivity index (χ2v) is 5.66. The summed E-state index contributed by atoms with van der Waals surface area (Å²) in [6.45, 7) is 4.64. The van der Waals surface area contributed by atoms with Crippen LogP contribution in [0.2, 0.25) is 10.0 Å². The van der Waals surface area contributed by atoms with Gasteiger partial charge < -0.3 is 10.5 Å². The number of hydrogen-bond donors (Lipinski definition) is 1. The predicted molar refractivity (Wildman–Crippen MR) is 84.5 cm³/mol. The monoisotopic (exact) mass is 317 g/mol. The Morgan fingerprint density at radius 2 is 2.05 bits per heavy atom. The van der Waals surface area contributed by atoms with Crippen molar-refractivity contribution in [2.24, 2.45) is 5.92 Å². The van der Waals surface area contributed by atoms with Gasteiger partial charge in [0, 0.05) is 5.69 Å². The Kier molecular flexibility index (Phi) is 7.17. The molecule has 0 saturated heterocycles. The van der Waals surface area contributed by atoms with Crippen LogP contribution in [0.25, 0.3) is 0 Å². The molecule has 3 nitrogen and oxygen atoms in total. The Hall–Kier alpha value is -0.930. The average Bonchev–Trinajstić information content (AvgIpc) is 2.42. The van der Waals surface area contributed by atoms with E-state index in [1.165, 1.54) is 12.1 Å². The zero-order valence-electron chi connectivity index (χ0n) is 11.9. The predicted octanol–water partition coefficient (Wildman–Crippen LogP) is 4.95. The SMILES string of the molecule is CCCCC(CC)COC(=O)c1cc(N)cc(Cl)c1Cl. The van der Waals surface area contributed by atoms with Crippen molar-refractivity contribution < 1.29 is 9.53 Å². The highest BCUT2D eigenvalue weighted by atomic mass is 35.5. The quantitative estimate of drug-likeness (QED) is 0.572. The van der Waals surface area contributed by atoms with E-state index in [0.29, 0.717) is 18.2 Å². The van der Waals surface area contributed by atoms with Gasteiger partial charge in [0.2, 0.25) is 0 Å². The van der Waals surface area contributed by atoms with E-state index in [1.807, 2.05) is 0 Å². The molecule has 5 heteroatoms. The van der Waals surface area contributed by atoms with E-state index in [1.54, 1.807) is 0 Å². The fraction of sp³-hybridized carbons (Fsp3) is 0.533. The molecule has 0 aromatic heterocycles. The Labute approximate surface area is 130 Å². The van der Waals surface area contributed by atoms with Crippen LogP contribution in [0.15, 0.2) is 12.1 Å². The molecule has 0 fully saturated rings. The van der Waals surface area contributed by atoms with Crippen molar-refractivity contribution in [2.75, 3.05) is 12.3 Å². The molecule has 112 valence electrons. The minimum atomic E-state index is -0.473. The van der Waals surface area contributed by atoms with E-state index in [-0.39, 0.29) is 15.6 Å². The number of ether oxygens (including phenoxy) is 1. The number of benzene rings is 1. The molecule has 1 aromatic carbocycles. The van der Waals surface area contributed by atoms with Crippen molar-refractivity contribution >= 4 is 34.9 Å². The lowest BCUT2D eigenvalue weighted by molar-refractivity contribution is 0.0428. The van der Waals surface area contributed by atoms with Gasteiger partial charge in [0.05, 0.1) is 22.2 Å². The molecule has 0 amide bonds. The van der Waals surface area contributed by atoms with E-state index in [9.17, 15) is 4.79 Å². The third kappa shape index (κ3) is 4.88. The number of carbonyl (C=O) groups is 1. The van der Waals surface area contributed by atoms with Crippen molar-refractivity contribution in [1.82, 2.24) is 0 Å². The molecular formula is C15H21Cl2NO2. The van der Waals surface area contributed by atoms with E-state index in [0.717, 1.165) is 25.7 Å². The second-order valence-electron chi connectivity index (χ2n) is 4.88. The van der Waals surface area contributed by atoms with E-state index >= 15 is 0 Å². The van der Waals surface area contributed by atoms with Crippen LogP contribution in [-0.2, 0) is 4.74 Å². The molecule has 0 saturated carbocycles. The maximum absolute atomic E-state index is 12.0. The maximum atomic E-state index is 12.0. The summed E-state index contributed by atoms with van der Waals surface area (Å²) >= 11 is 11.9. The van der Waals surface area contributed by atoms with Crippen LogP contribution in [0, 0.1) is 5.92 Å². The van der Waals surface area contributed by atoms with Gasteiger partial charge in [-0.15, -0.1) is 0 Å². The first-order chi connectivity index (χ1) is 9.49. The van der Waals surface area contributed by atoms with Crippen molar-refractivity contribution in [3.05, 3.63) is 27.7 Å². The van der Waals surface area contributed by atoms with Gasteiger partial charge in [-0.1, -0.05) is 56.3 Å². The molecule has 1 unspecified atom stereocenters. The summed E-state index contributed by atoms with van der Waals surface area (Å²) in [6, 6.07) is 3.00. The lowest BCUT2D eigenvalue weighted by atomic mass is 10.0. The highest BCUT2D eigenvalue weighted by molar-refractivity contribution is 6.44. The Morgan fingerprint density at radius 3 is 2.65 bits per heavy atom. The van der Waals surface area contributed by atoms with Crippen LogP contribution in [0.3, 0.4) is 0 Å². The third-order valence-corrected chi connectivity index (χ3v) is 4.07. The summed E-state index contributed by atoms with van der Waals surface area (Å²) in [7, 11) is 0. The van der Waals surface area contributed by atoms with Crippen LogP contribution in [0.4, 0.5) is 5.69 Å². The first-order valence-corrected chi connectivity index (χ1v) is 7.66. The fourth-order valence-corrected chi connectivity index (χ4v) is 2.34. The van der Waals surface area contributed by atoms with Crippen molar-refractivity contribution in [3.8, 4) is 0 Å². The maximum Gasteiger partial charge on any atom is 0.339 e. The molecule has 1 atom stereocenters. The lowest BCUT2D eigenvalue weighted by Crippen LogP contribution is -2.14. The van der Waals surface area contributed by atoms with E-state index < -0.39 is 5.97 Å². The highest BCUT2D eigenvalue weighted by Gasteiger charge is 2.17. The summed E-state index contributed by atoms with van der Waals surface area (Å²) in [4.78, 5) is 12.0. The van der Waals surface area contributed by atoms with Gasteiger partial charge in [-0.2, -0.15) is 0 Å². The smallest absolute Gasteiger partial charge is 0.339 e. The summed E-state index contributed by atoms with van der Waals surface area (Å²) in [5, 5.41) is 0.448. The second kappa shape index (κ2) is 8.38. The Morgan fingerprint density at radius 1 is 1.35 bits per heavy atom. The average molecular weight is 318 g/mol. The number of carbonyl (C=O) groups excluding carboxylic acids is 1. The molecule has 0 bridgehead atoms. The molecule has 0 heterocycles. The normalized spacial score (nSPS) is 12.2. The molecule has 0 aliphatic carbocycles. The summed E-state index contributed by atoms with van der Waals surface area (Å²) in [6.07, 6.45) is 4.33. The van der Waals surface area contributed by atoms with E-state index in [2.05, 4.69) is 13.8 Å². The van der Waals surface area contributed by atoms with Crippen LogP contribution < -0.4 is 5.73 Å². The van der Waals surface area contributed by atoms with Gasteiger partial charge >= 0.3 is 5.97 Å². The minimum absolute atomic E-state index is 0.187. The van der Waals surface area contributed by atoms with Crippen LogP contribution in [-0.4, -0.2) is 12.6 Å². The molecular weight excluding hydrogens is 297 g/mol. The zero-order chi connectivity index (χ0) is 15.1. The Balaban J connectivity index is 2.67.